The number of aryl methyl sites for hydroxylation is 3. The summed E-state index contributed by atoms with van der Waals surface area (Å²) in [5, 5.41) is 4.65. The average molecular weight is 305 g/mol. The molecule has 0 aromatic carbocycles. The van der Waals surface area contributed by atoms with Gasteiger partial charge in [-0.3, -0.25) is 9.67 Å². The Hall–Kier alpha value is -1.49. The number of nitrogens with zero attached hydrogens (tertiary/aromatic N) is 3. The number of methoxy groups -OCH3 is 1. The van der Waals surface area contributed by atoms with Crippen LogP contribution in [0.25, 0.3) is 0 Å². The molecule has 0 fully saturated rings. The third kappa shape index (κ3) is 3.07. The van der Waals surface area contributed by atoms with E-state index in [4.69, 9.17) is 4.74 Å². The summed E-state index contributed by atoms with van der Waals surface area (Å²) in [6.45, 7) is 8.21. The van der Waals surface area contributed by atoms with Gasteiger partial charge in [-0.1, -0.05) is 0 Å². The molecule has 0 aliphatic carbocycles. The molecule has 2 aromatic heterocycles. The summed E-state index contributed by atoms with van der Waals surface area (Å²) in [5.74, 6) is 1.86. The lowest BCUT2D eigenvalue weighted by atomic mass is 10.1. The molecule has 0 bridgehead atoms. The van der Waals surface area contributed by atoms with Gasteiger partial charge in [0.25, 0.3) is 0 Å². The van der Waals surface area contributed by atoms with Gasteiger partial charge in [-0.25, -0.2) is 0 Å². The molecule has 4 nitrogen and oxygen atoms in total. The lowest BCUT2D eigenvalue weighted by Gasteiger charge is -2.21. The van der Waals surface area contributed by atoms with Crippen LogP contribution in [0.3, 0.4) is 0 Å². The average Bonchev–Trinajstić information content (AvgIpc) is 2.76. The van der Waals surface area contributed by atoms with Gasteiger partial charge in [-0.2, -0.15) is 16.9 Å². The van der Waals surface area contributed by atoms with Crippen LogP contribution in [0.1, 0.15) is 34.3 Å². The molecule has 2 aromatic rings. The minimum atomic E-state index is 0.128. The SMILES string of the molecule is COc1c(C)cnc([C@@H](CSC)n2nc(C)cc2C)c1C. The van der Waals surface area contributed by atoms with Gasteiger partial charge in [-0.15, -0.1) is 0 Å². The van der Waals surface area contributed by atoms with Crippen molar-refractivity contribution in [2.75, 3.05) is 19.1 Å². The van der Waals surface area contributed by atoms with E-state index in [0.717, 1.165) is 39.7 Å². The Balaban J connectivity index is 2.56. The van der Waals surface area contributed by atoms with Crippen molar-refractivity contribution in [1.29, 1.82) is 0 Å². The van der Waals surface area contributed by atoms with Gasteiger partial charge in [-0.05, 0) is 40.0 Å². The fraction of sp³-hybridized carbons (Fsp3) is 0.500. The number of thioether (sulfide) groups is 1. The van der Waals surface area contributed by atoms with Crippen LogP contribution >= 0.6 is 11.8 Å². The van der Waals surface area contributed by atoms with Gasteiger partial charge < -0.3 is 4.74 Å². The Morgan fingerprint density at radius 1 is 1.29 bits per heavy atom. The zero-order valence-corrected chi connectivity index (χ0v) is 14.4. The highest BCUT2D eigenvalue weighted by Gasteiger charge is 2.22. The summed E-state index contributed by atoms with van der Waals surface area (Å²) in [6.07, 6.45) is 4.00. The molecule has 2 heterocycles. The lowest BCUT2D eigenvalue weighted by Crippen LogP contribution is -2.19. The number of pyridine rings is 1. The van der Waals surface area contributed by atoms with Gasteiger partial charge in [0.15, 0.2) is 0 Å². The quantitative estimate of drug-likeness (QED) is 0.848. The molecular weight excluding hydrogens is 282 g/mol. The Bertz CT molecular complexity index is 637. The number of hydrogen-bond donors (Lipinski definition) is 0. The molecule has 2 rings (SSSR count). The molecule has 0 aliphatic rings. The summed E-state index contributed by atoms with van der Waals surface area (Å²) in [5.41, 5.74) is 5.40. The van der Waals surface area contributed by atoms with Crippen molar-refractivity contribution in [2.24, 2.45) is 0 Å². The van der Waals surface area contributed by atoms with E-state index in [1.165, 1.54) is 0 Å². The highest BCUT2D eigenvalue weighted by atomic mass is 32.2. The van der Waals surface area contributed by atoms with E-state index in [1.807, 2.05) is 20.0 Å². The van der Waals surface area contributed by atoms with Crippen molar-refractivity contribution in [3.8, 4) is 5.75 Å². The van der Waals surface area contributed by atoms with Crippen LogP contribution in [-0.2, 0) is 0 Å². The molecule has 0 amide bonds. The second kappa shape index (κ2) is 6.52. The van der Waals surface area contributed by atoms with Crippen LogP contribution in [-0.4, -0.2) is 33.9 Å². The first-order valence-corrected chi connectivity index (χ1v) is 8.40. The summed E-state index contributed by atoms with van der Waals surface area (Å²) in [4.78, 5) is 4.68. The molecule has 0 saturated carbocycles. The normalized spacial score (nSPS) is 12.5. The summed E-state index contributed by atoms with van der Waals surface area (Å²) in [6, 6.07) is 2.23. The van der Waals surface area contributed by atoms with Gasteiger partial charge in [0.05, 0.1) is 18.5 Å². The monoisotopic (exact) mass is 305 g/mol. The topological polar surface area (TPSA) is 39.9 Å². The summed E-state index contributed by atoms with van der Waals surface area (Å²) in [7, 11) is 1.71. The lowest BCUT2D eigenvalue weighted by molar-refractivity contribution is 0.405. The maximum absolute atomic E-state index is 5.54. The number of ether oxygens (including phenoxy) is 1. The Kier molecular flexibility index (Phi) is 4.93. The number of hydrogen-bond acceptors (Lipinski definition) is 4. The molecule has 0 N–H and O–H groups in total. The van der Waals surface area contributed by atoms with Gasteiger partial charge in [0, 0.05) is 28.8 Å². The highest BCUT2D eigenvalue weighted by Crippen LogP contribution is 2.31. The molecule has 21 heavy (non-hydrogen) atoms. The Morgan fingerprint density at radius 3 is 2.52 bits per heavy atom. The smallest absolute Gasteiger partial charge is 0.128 e. The minimum Gasteiger partial charge on any atom is -0.496 e. The van der Waals surface area contributed by atoms with Crippen molar-refractivity contribution in [1.82, 2.24) is 14.8 Å². The minimum absolute atomic E-state index is 0.128. The maximum atomic E-state index is 5.54. The second-order valence-electron chi connectivity index (χ2n) is 5.33. The highest BCUT2D eigenvalue weighted by molar-refractivity contribution is 7.98. The maximum Gasteiger partial charge on any atom is 0.128 e. The largest absolute Gasteiger partial charge is 0.496 e. The number of rotatable bonds is 5. The van der Waals surface area contributed by atoms with Gasteiger partial charge in [0.2, 0.25) is 0 Å². The molecule has 1 atom stereocenters. The summed E-state index contributed by atoms with van der Waals surface area (Å²) >= 11 is 1.80. The second-order valence-corrected chi connectivity index (χ2v) is 6.24. The first-order valence-electron chi connectivity index (χ1n) is 7.01. The van der Waals surface area contributed by atoms with E-state index in [0.29, 0.717) is 0 Å². The van der Waals surface area contributed by atoms with Crippen LogP contribution < -0.4 is 4.74 Å². The zero-order chi connectivity index (χ0) is 15.6. The molecule has 0 spiro atoms. The molecule has 5 heteroatoms. The predicted octanol–water partition coefficient (Wildman–Crippen LogP) is 3.47. The molecule has 0 aliphatic heterocycles. The molecule has 0 radical (unpaired) electrons. The van der Waals surface area contributed by atoms with E-state index in [9.17, 15) is 0 Å². The molecule has 114 valence electrons. The first-order chi connectivity index (χ1) is 9.99. The predicted molar refractivity (Wildman–Crippen MR) is 88.5 cm³/mol. The van der Waals surface area contributed by atoms with Crippen molar-refractivity contribution in [3.05, 3.63) is 40.5 Å². The Labute approximate surface area is 130 Å². The van der Waals surface area contributed by atoms with Crippen LogP contribution in [0.4, 0.5) is 0 Å². The Morgan fingerprint density at radius 2 is 2.00 bits per heavy atom. The van der Waals surface area contributed by atoms with E-state index in [2.05, 4.69) is 40.9 Å². The van der Waals surface area contributed by atoms with Crippen LogP contribution in [0.15, 0.2) is 12.3 Å². The van der Waals surface area contributed by atoms with Crippen molar-refractivity contribution < 1.29 is 4.74 Å². The molecule has 0 saturated heterocycles. The molecular formula is C16H23N3OS. The standard InChI is InChI=1S/C16H23N3OS/c1-10-8-17-15(13(4)16(10)20-5)14(9-21-6)19-12(3)7-11(2)18-19/h7-8,14H,9H2,1-6H3/t14-/m1/s1. The van der Waals surface area contributed by atoms with Crippen molar-refractivity contribution in [2.45, 2.75) is 33.7 Å². The van der Waals surface area contributed by atoms with Crippen molar-refractivity contribution in [3.63, 3.8) is 0 Å². The first kappa shape index (κ1) is 15.9. The van der Waals surface area contributed by atoms with Gasteiger partial charge in [0.1, 0.15) is 11.8 Å². The fourth-order valence-electron chi connectivity index (χ4n) is 2.77. The van der Waals surface area contributed by atoms with E-state index < -0.39 is 0 Å². The van der Waals surface area contributed by atoms with Crippen LogP contribution in [0.5, 0.6) is 5.75 Å². The van der Waals surface area contributed by atoms with E-state index in [-0.39, 0.29) is 6.04 Å². The molecule has 0 unspecified atom stereocenters. The van der Waals surface area contributed by atoms with E-state index in [1.54, 1.807) is 18.9 Å². The van der Waals surface area contributed by atoms with E-state index >= 15 is 0 Å². The fourth-order valence-corrected chi connectivity index (χ4v) is 3.38. The third-order valence-electron chi connectivity index (χ3n) is 3.66. The number of aromatic nitrogens is 3. The third-order valence-corrected chi connectivity index (χ3v) is 4.31. The van der Waals surface area contributed by atoms with Crippen molar-refractivity contribution >= 4 is 11.8 Å². The van der Waals surface area contributed by atoms with Gasteiger partial charge >= 0.3 is 0 Å². The van der Waals surface area contributed by atoms with Crippen LogP contribution in [0, 0.1) is 27.7 Å². The zero-order valence-electron chi connectivity index (χ0n) is 13.6. The van der Waals surface area contributed by atoms with Crippen LogP contribution in [0.2, 0.25) is 0 Å². The summed E-state index contributed by atoms with van der Waals surface area (Å²) < 4.78 is 7.62.